The summed E-state index contributed by atoms with van der Waals surface area (Å²) >= 11 is 0. The maximum absolute atomic E-state index is 2.36. The maximum atomic E-state index is 2.36. The second-order valence-corrected chi connectivity index (χ2v) is 21.7. The summed E-state index contributed by atoms with van der Waals surface area (Å²) in [6.45, 7) is 0. The molecule has 86 heavy (non-hydrogen) atoms. The predicted molar refractivity (Wildman–Crippen MR) is 365 cm³/mol. The van der Waals surface area contributed by atoms with Crippen LogP contribution in [0.2, 0.25) is 0 Å². The lowest BCUT2D eigenvalue weighted by Gasteiger charge is -2.27. The summed E-state index contributed by atoms with van der Waals surface area (Å²) in [7, 11) is 0. The van der Waals surface area contributed by atoms with Crippen LogP contribution in [0.5, 0.6) is 0 Å². The number of benzene rings is 14. The van der Waals surface area contributed by atoms with Crippen LogP contribution in [0.1, 0.15) is 0 Å². The van der Waals surface area contributed by atoms with Crippen LogP contribution >= 0.6 is 0 Å². The molecule has 0 heterocycles. The van der Waals surface area contributed by atoms with Gasteiger partial charge in [0.05, 0.1) is 0 Å². The molecule has 14 aromatic carbocycles. The fraction of sp³-hybridized carbons (Fsp3) is 0. The molecule has 0 saturated carbocycles. The molecule has 0 aliphatic heterocycles. The first-order valence-electron chi connectivity index (χ1n) is 29.4. The van der Waals surface area contributed by atoms with Gasteiger partial charge in [-0.2, -0.15) is 0 Å². The van der Waals surface area contributed by atoms with E-state index in [1.54, 1.807) is 0 Å². The molecule has 0 bridgehead atoms. The standard InChI is InChI=1S/C84H60N2/c1-5-15-61(16-6-1)65-27-31-67(32-28-65)69-35-47-79(48-36-69)85(80-49-37-70(38-50-80)68-33-29-66(30-34-68)62-17-7-2-8-18-62)81-51-39-71(40-52-81)72-41-53-82(54-42-72)86(83-55-43-73(44-56-83)77-25-13-23-75(59-77)63-19-9-3-10-20-63)84-57-45-74(46-58-84)78-26-14-24-76(60-78)64-21-11-4-12-22-64/h1-60H. The Morgan fingerprint density at radius 1 is 0.105 bits per heavy atom. The summed E-state index contributed by atoms with van der Waals surface area (Å²) in [5.74, 6) is 0. The molecule has 0 aliphatic carbocycles. The van der Waals surface area contributed by atoms with Gasteiger partial charge in [0, 0.05) is 34.1 Å². The Morgan fingerprint density at radius 2 is 0.233 bits per heavy atom. The van der Waals surface area contributed by atoms with Crippen LogP contribution in [0.4, 0.5) is 34.1 Å². The number of rotatable bonds is 15. The third-order valence-corrected chi connectivity index (χ3v) is 16.3. The molecule has 0 saturated heterocycles. The maximum Gasteiger partial charge on any atom is 0.0462 e. The van der Waals surface area contributed by atoms with Crippen LogP contribution in [0.15, 0.2) is 364 Å². The Bertz CT molecular complexity index is 4260. The fourth-order valence-corrected chi connectivity index (χ4v) is 11.7. The Morgan fingerprint density at radius 3 is 0.419 bits per heavy atom. The van der Waals surface area contributed by atoms with Crippen LogP contribution < -0.4 is 9.80 Å². The lowest BCUT2D eigenvalue weighted by molar-refractivity contribution is 1.28. The van der Waals surface area contributed by atoms with Crippen molar-refractivity contribution in [1.29, 1.82) is 0 Å². The van der Waals surface area contributed by atoms with Gasteiger partial charge in [-0.1, -0.05) is 279 Å². The second kappa shape index (κ2) is 24.3. The van der Waals surface area contributed by atoms with Crippen molar-refractivity contribution >= 4 is 34.1 Å². The third-order valence-electron chi connectivity index (χ3n) is 16.3. The minimum atomic E-state index is 1.07. The summed E-state index contributed by atoms with van der Waals surface area (Å²) in [5.41, 5.74) is 27.8. The molecular formula is C84H60N2. The largest absolute Gasteiger partial charge is 0.311 e. The molecule has 14 rings (SSSR count). The smallest absolute Gasteiger partial charge is 0.0462 e. The van der Waals surface area contributed by atoms with E-state index in [9.17, 15) is 0 Å². The zero-order valence-corrected chi connectivity index (χ0v) is 47.5. The molecule has 406 valence electrons. The quantitative estimate of drug-likeness (QED) is 0.101. The van der Waals surface area contributed by atoms with Crippen molar-refractivity contribution in [2.75, 3.05) is 9.80 Å². The van der Waals surface area contributed by atoms with Crippen molar-refractivity contribution in [3.05, 3.63) is 364 Å². The van der Waals surface area contributed by atoms with E-state index in [1.807, 2.05) is 0 Å². The Balaban J connectivity index is 0.767. The van der Waals surface area contributed by atoms with Crippen LogP contribution in [-0.4, -0.2) is 0 Å². The first-order valence-corrected chi connectivity index (χ1v) is 29.4. The van der Waals surface area contributed by atoms with Crippen molar-refractivity contribution in [2.24, 2.45) is 0 Å². The van der Waals surface area contributed by atoms with E-state index in [0.717, 1.165) is 45.3 Å². The van der Waals surface area contributed by atoms with Gasteiger partial charge in [-0.3, -0.25) is 0 Å². The molecular weight excluding hydrogens is 1040 g/mol. The van der Waals surface area contributed by atoms with E-state index >= 15 is 0 Å². The van der Waals surface area contributed by atoms with Crippen LogP contribution in [0.25, 0.3) is 100 Å². The molecule has 14 aromatic rings. The van der Waals surface area contributed by atoms with E-state index < -0.39 is 0 Å². The van der Waals surface area contributed by atoms with Gasteiger partial charge < -0.3 is 9.80 Å². The normalized spacial score (nSPS) is 11.0. The van der Waals surface area contributed by atoms with E-state index in [1.165, 1.54) is 89.0 Å². The van der Waals surface area contributed by atoms with Gasteiger partial charge >= 0.3 is 0 Å². The minimum absolute atomic E-state index is 1.07. The highest BCUT2D eigenvalue weighted by atomic mass is 15.1. The first kappa shape index (κ1) is 52.7. The average Bonchev–Trinajstić information content (AvgIpc) is 3.69. The van der Waals surface area contributed by atoms with Gasteiger partial charge in [0.25, 0.3) is 0 Å². The monoisotopic (exact) mass is 1100 g/mol. The van der Waals surface area contributed by atoms with Crippen molar-refractivity contribution in [2.45, 2.75) is 0 Å². The average molecular weight is 1100 g/mol. The van der Waals surface area contributed by atoms with Gasteiger partial charge in [0.1, 0.15) is 0 Å². The number of nitrogens with zero attached hydrogens (tertiary/aromatic N) is 2. The summed E-state index contributed by atoms with van der Waals surface area (Å²) in [5, 5.41) is 0. The number of anilines is 6. The molecule has 0 radical (unpaired) electrons. The van der Waals surface area contributed by atoms with Gasteiger partial charge in [-0.05, 0) is 185 Å². The van der Waals surface area contributed by atoms with Crippen LogP contribution in [0.3, 0.4) is 0 Å². The van der Waals surface area contributed by atoms with E-state index in [-0.39, 0.29) is 0 Å². The molecule has 0 spiro atoms. The third kappa shape index (κ3) is 11.4. The zero-order valence-electron chi connectivity index (χ0n) is 47.5. The van der Waals surface area contributed by atoms with E-state index in [0.29, 0.717) is 0 Å². The van der Waals surface area contributed by atoms with E-state index in [4.69, 9.17) is 0 Å². The Labute approximate surface area is 505 Å². The molecule has 0 aliphatic rings. The highest BCUT2D eigenvalue weighted by molar-refractivity contribution is 5.85. The molecule has 0 amide bonds. The van der Waals surface area contributed by atoms with Crippen molar-refractivity contribution < 1.29 is 0 Å². The number of hydrogen-bond acceptors (Lipinski definition) is 2. The van der Waals surface area contributed by atoms with Gasteiger partial charge in [-0.15, -0.1) is 0 Å². The SMILES string of the molecule is c1ccc(-c2ccc(-c3ccc(N(c4ccc(-c5ccc(-c6ccccc6)cc5)cc4)c4ccc(-c5ccc(N(c6ccc(-c7cccc(-c8ccccc8)c7)cc6)c6ccc(-c7cccc(-c8ccccc8)c7)cc6)cc5)cc4)cc3)cc2)cc1. The first-order chi connectivity index (χ1) is 42.6. The highest BCUT2D eigenvalue weighted by Gasteiger charge is 2.17. The zero-order chi connectivity index (χ0) is 57.4. The van der Waals surface area contributed by atoms with Gasteiger partial charge in [-0.25, -0.2) is 0 Å². The fourth-order valence-electron chi connectivity index (χ4n) is 11.7. The highest BCUT2D eigenvalue weighted by Crippen LogP contribution is 2.41. The molecule has 0 unspecified atom stereocenters. The summed E-state index contributed by atoms with van der Waals surface area (Å²) in [6.07, 6.45) is 0. The number of hydrogen-bond donors (Lipinski definition) is 0. The van der Waals surface area contributed by atoms with Crippen molar-refractivity contribution in [3.8, 4) is 100 Å². The Hall–Kier alpha value is -11.3. The molecule has 0 aromatic heterocycles. The minimum Gasteiger partial charge on any atom is -0.311 e. The topological polar surface area (TPSA) is 6.48 Å². The van der Waals surface area contributed by atoms with Gasteiger partial charge in [0.2, 0.25) is 0 Å². The van der Waals surface area contributed by atoms with E-state index in [2.05, 4.69) is 374 Å². The van der Waals surface area contributed by atoms with Crippen molar-refractivity contribution in [1.82, 2.24) is 0 Å². The molecule has 0 atom stereocenters. The molecule has 0 N–H and O–H groups in total. The Kier molecular flexibility index (Phi) is 14.9. The van der Waals surface area contributed by atoms with Crippen LogP contribution in [0, 0.1) is 0 Å². The second-order valence-electron chi connectivity index (χ2n) is 21.7. The lowest BCUT2D eigenvalue weighted by atomic mass is 9.98. The lowest BCUT2D eigenvalue weighted by Crippen LogP contribution is -2.10. The van der Waals surface area contributed by atoms with Gasteiger partial charge in [0.15, 0.2) is 0 Å². The van der Waals surface area contributed by atoms with Crippen LogP contribution in [-0.2, 0) is 0 Å². The molecule has 2 nitrogen and oxygen atoms in total. The summed E-state index contributed by atoms with van der Waals surface area (Å²) in [6, 6.07) is 131. The molecule has 2 heteroatoms. The summed E-state index contributed by atoms with van der Waals surface area (Å²) in [4.78, 5) is 4.71. The summed E-state index contributed by atoms with van der Waals surface area (Å²) < 4.78 is 0. The molecule has 0 fully saturated rings. The van der Waals surface area contributed by atoms with Crippen molar-refractivity contribution in [3.63, 3.8) is 0 Å². The predicted octanol–water partition coefficient (Wildman–Crippen LogP) is 23.6.